The van der Waals surface area contributed by atoms with Gasteiger partial charge in [-0.15, -0.1) is 0 Å². The molecular weight excluding hydrogens is 356 g/mol. The van der Waals surface area contributed by atoms with Crippen molar-refractivity contribution in [3.05, 3.63) is 51.3 Å². The van der Waals surface area contributed by atoms with Crippen LogP contribution < -0.4 is 0 Å². The number of nitriles is 1. The minimum absolute atomic E-state index is 0.180. The van der Waals surface area contributed by atoms with Gasteiger partial charge in [0.1, 0.15) is 11.8 Å². The lowest BCUT2D eigenvalue weighted by molar-refractivity contribution is 0.0695. The number of halogens is 1. The highest BCUT2D eigenvalue weighted by atomic mass is 79.9. The molecule has 3 rings (SSSR count). The molecule has 1 aliphatic carbocycles. The summed E-state index contributed by atoms with van der Waals surface area (Å²) in [5, 5.41) is 19.3. The van der Waals surface area contributed by atoms with E-state index in [2.05, 4.69) is 22.0 Å². The van der Waals surface area contributed by atoms with Crippen LogP contribution in [0.25, 0.3) is 5.69 Å². The Morgan fingerprint density at radius 3 is 2.43 bits per heavy atom. The van der Waals surface area contributed by atoms with Crippen molar-refractivity contribution in [1.82, 2.24) is 4.57 Å². The maximum Gasteiger partial charge on any atom is 0.338 e. The van der Waals surface area contributed by atoms with E-state index in [1.54, 1.807) is 4.57 Å². The Labute approximate surface area is 143 Å². The summed E-state index contributed by atoms with van der Waals surface area (Å²) in [5.41, 5.74) is 2.93. The van der Waals surface area contributed by atoms with Crippen molar-refractivity contribution in [3.63, 3.8) is 0 Å². The van der Waals surface area contributed by atoms with Gasteiger partial charge in [0, 0.05) is 15.9 Å². The SMILES string of the molecule is Cc1c(C2CCCC2)c(C(=O)O)c(C#N)n1-c1ccc(Br)cc1. The molecule has 0 amide bonds. The highest BCUT2D eigenvalue weighted by Gasteiger charge is 2.31. The monoisotopic (exact) mass is 372 g/mol. The van der Waals surface area contributed by atoms with E-state index in [0.29, 0.717) is 0 Å². The summed E-state index contributed by atoms with van der Waals surface area (Å²) in [4.78, 5) is 11.8. The normalized spacial score (nSPS) is 14.8. The molecule has 1 aromatic heterocycles. The number of aromatic nitrogens is 1. The molecule has 1 saturated carbocycles. The van der Waals surface area contributed by atoms with Crippen LogP contribution in [0, 0.1) is 18.3 Å². The molecule has 1 N–H and O–H groups in total. The lowest BCUT2D eigenvalue weighted by Gasteiger charge is -2.12. The zero-order valence-corrected chi connectivity index (χ0v) is 14.4. The summed E-state index contributed by atoms with van der Waals surface area (Å²) in [5.74, 6) is -0.771. The smallest absolute Gasteiger partial charge is 0.338 e. The Balaban J connectivity index is 2.27. The fourth-order valence-electron chi connectivity index (χ4n) is 3.66. The first-order valence-electron chi connectivity index (χ1n) is 7.69. The first kappa shape index (κ1) is 15.8. The average molecular weight is 373 g/mol. The summed E-state index contributed by atoms with van der Waals surface area (Å²) in [6, 6.07) is 9.68. The van der Waals surface area contributed by atoms with Gasteiger partial charge >= 0.3 is 5.97 Å². The molecule has 0 unspecified atom stereocenters. The number of carboxylic acid groups (broad SMARTS) is 1. The fourth-order valence-corrected chi connectivity index (χ4v) is 3.92. The molecule has 1 fully saturated rings. The number of nitrogens with zero attached hydrogens (tertiary/aromatic N) is 2. The van der Waals surface area contributed by atoms with Gasteiger partial charge in [0.15, 0.2) is 0 Å². The second-order valence-electron chi connectivity index (χ2n) is 5.93. The van der Waals surface area contributed by atoms with Gasteiger partial charge in [0.25, 0.3) is 0 Å². The Bertz CT molecular complexity index is 794. The van der Waals surface area contributed by atoms with Crippen LogP contribution >= 0.6 is 15.9 Å². The summed E-state index contributed by atoms with van der Waals surface area (Å²) >= 11 is 3.40. The summed E-state index contributed by atoms with van der Waals surface area (Å²) < 4.78 is 2.72. The van der Waals surface area contributed by atoms with Crippen LogP contribution in [-0.2, 0) is 0 Å². The van der Waals surface area contributed by atoms with Gasteiger partial charge in [-0.2, -0.15) is 5.26 Å². The third kappa shape index (κ3) is 2.68. The maximum absolute atomic E-state index is 11.8. The fraction of sp³-hybridized carbons (Fsp3) is 0.333. The molecular formula is C18H17BrN2O2. The maximum atomic E-state index is 11.8. The Hall–Kier alpha value is -2.06. The molecule has 0 radical (unpaired) electrons. The van der Waals surface area contributed by atoms with Crippen molar-refractivity contribution >= 4 is 21.9 Å². The topological polar surface area (TPSA) is 66.0 Å². The van der Waals surface area contributed by atoms with Crippen molar-refractivity contribution in [2.45, 2.75) is 38.5 Å². The van der Waals surface area contributed by atoms with Crippen molar-refractivity contribution < 1.29 is 9.90 Å². The van der Waals surface area contributed by atoms with Gasteiger partial charge in [0.2, 0.25) is 0 Å². The van der Waals surface area contributed by atoms with Crippen LogP contribution in [0.5, 0.6) is 0 Å². The molecule has 4 nitrogen and oxygen atoms in total. The van der Waals surface area contributed by atoms with E-state index in [9.17, 15) is 15.2 Å². The Morgan fingerprint density at radius 1 is 1.30 bits per heavy atom. The second kappa shape index (κ2) is 6.21. The number of hydrogen-bond acceptors (Lipinski definition) is 2. The summed E-state index contributed by atoms with van der Waals surface area (Å²) in [7, 11) is 0. The molecule has 0 spiro atoms. The van der Waals surface area contributed by atoms with Crippen LogP contribution in [0.3, 0.4) is 0 Å². The molecule has 118 valence electrons. The molecule has 2 aromatic rings. The lowest BCUT2D eigenvalue weighted by atomic mass is 9.93. The predicted octanol–water partition coefficient (Wildman–Crippen LogP) is 4.78. The first-order chi connectivity index (χ1) is 11.0. The zero-order chi connectivity index (χ0) is 16.6. The van der Waals surface area contributed by atoms with E-state index in [4.69, 9.17) is 0 Å². The van der Waals surface area contributed by atoms with Crippen LogP contribution in [0.2, 0.25) is 0 Å². The van der Waals surface area contributed by atoms with Crippen LogP contribution in [0.15, 0.2) is 28.7 Å². The largest absolute Gasteiger partial charge is 0.478 e. The third-order valence-electron chi connectivity index (χ3n) is 4.62. The molecule has 0 saturated heterocycles. The summed E-state index contributed by atoms with van der Waals surface area (Å²) in [6.07, 6.45) is 4.23. The molecule has 5 heteroatoms. The minimum atomic E-state index is -1.01. The molecule has 1 heterocycles. The highest BCUT2D eigenvalue weighted by molar-refractivity contribution is 9.10. The van der Waals surface area contributed by atoms with E-state index in [1.807, 2.05) is 31.2 Å². The number of carboxylic acids is 1. The Morgan fingerprint density at radius 2 is 1.91 bits per heavy atom. The quantitative estimate of drug-likeness (QED) is 0.842. The van der Waals surface area contributed by atoms with Gasteiger partial charge < -0.3 is 9.67 Å². The van der Waals surface area contributed by atoms with Gasteiger partial charge in [-0.05, 0) is 55.5 Å². The van der Waals surface area contributed by atoms with Gasteiger partial charge in [0.05, 0.1) is 5.56 Å². The predicted molar refractivity (Wildman–Crippen MR) is 91.1 cm³/mol. The molecule has 0 atom stereocenters. The standard InChI is InChI=1S/C18H17BrN2O2/c1-11-16(12-4-2-3-5-12)17(18(22)23)15(10-20)21(11)14-8-6-13(19)7-9-14/h6-9,12H,2-5H2,1H3,(H,22,23). The molecule has 1 aliphatic rings. The third-order valence-corrected chi connectivity index (χ3v) is 5.15. The Kier molecular flexibility index (Phi) is 4.27. The van der Waals surface area contributed by atoms with Crippen molar-refractivity contribution in [3.8, 4) is 11.8 Å². The minimum Gasteiger partial charge on any atom is -0.478 e. The van der Waals surface area contributed by atoms with E-state index >= 15 is 0 Å². The van der Waals surface area contributed by atoms with E-state index in [0.717, 1.165) is 47.1 Å². The first-order valence-corrected chi connectivity index (χ1v) is 8.48. The van der Waals surface area contributed by atoms with Gasteiger partial charge in [-0.1, -0.05) is 28.8 Å². The van der Waals surface area contributed by atoms with Crippen LogP contribution in [0.4, 0.5) is 0 Å². The van der Waals surface area contributed by atoms with E-state index < -0.39 is 5.97 Å². The molecule has 1 aromatic carbocycles. The van der Waals surface area contributed by atoms with Gasteiger partial charge in [-0.25, -0.2) is 4.79 Å². The number of benzene rings is 1. The molecule has 23 heavy (non-hydrogen) atoms. The number of aromatic carboxylic acids is 1. The van der Waals surface area contributed by atoms with Crippen molar-refractivity contribution in [1.29, 1.82) is 5.26 Å². The van der Waals surface area contributed by atoms with Crippen molar-refractivity contribution in [2.24, 2.45) is 0 Å². The summed E-state index contributed by atoms with van der Waals surface area (Å²) in [6.45, 7) is 1.92. The zero-order valence-electron chi connectivity index (χ0n) is 12.8. The molecule has 0 bridgehead atoms. The van der Waals surface area contributed by atoms with E-state index in [1.165, 1.54) is 0 Å². The van der Waals surface area contributed by atoms with Crippen molar-refractivity contribution in [2.75, 3.05) is 0 Å². The lowest BCUT2D eigenvalue weighted by Crippen LogP contribution is -2.05. The van der Waals surface area contributed by atoms with E-state index in [-0.39, 0.29) is 17.2 Å². The van der Waals surface area contributed by atoms with Crippen LogP contribution in [0.1, 0.15) is 58.9 Å². The average Bonchev–Trinajstić information content (AvgIpc) is 3.13. The van der Waals surface area contributed by atoms with Crippen LogP contribution in [-0.4, -0.2) is 15.6 Å². The second-order valence-corrected chi connectivity index (χ2v) is 6.85. The number of hydrogen-bond donors (Lipinski definition) is 1. The number of rotatable bonds is 3. The number of carbonyl (C=O) groups is 1. The van der Waals surface area contributed by atoms with Gasteiger partial charge in [-0.3, -0.25) is 0 Å². The highest BCUT2D eigenvalue weighted by Crippen LogP contribution is 2.40. The molecule has 0 aliphatic heterocycles.